The maximum Gasteiger partial charge on any atom is 0.335 e. The van der Waals surface area contributed by atoms with Crippen LogP contribution in [0.15, 0.2) is 17.1 Å². The van der Waals surface area contributed by atoms with Crippen LogP contribution in [0.2, 0.25) is 0 Å². The number of esters is 1. The van der Waals surface area contributed by atoms with Gasteiger partial charge in [0.2, 0.25) is 5.89 Å². The van der Waals surface area contributed by atoms with E-state index < -0.39 is 12.1 Å². The third-order valence-corrected chi connectivity index (χ3v) is 1.95. The Morgan fingerprint density at radius 2 is 2.24 bits per heavy atom. The Balaban J connectivity index is 2.34. The molecular formula is C11H16N2O4. The molecule has 0 aromatic carbocycles. The highest BCUT2D eigenvalue weighted by molar-refractivity contribution is 5.74. The summed E-state index contributed by atoms with van der Waals surface area (Å²) in [6, 6.07) is 0. The van der Waals surface area contributed by atoms with E-state index >= 15 is 0 Å². The highest BCUT2D eigenvalue weighted by atomic mass is 16.6. The van der Waals surface area contributed by atoms with Crippen molar-refractivity contribution >= 4 is 5.97 Å². The third kappa shape index (κ3) is 4.36. The monoisotopic (exact) mass is 240 g/mol. The number of rotatable bonds is 7. The second-order valence-electron chi connectivity index (χ2n) is 3.32. The average molecular weight is 240 g/mol. The quantitative estimate of drug-likeness (QED) is 0.527. The molecule has 1 heterocycles. The van der Waals surface area contributed by atoms with Gasteiger partial charge in [-0.05, 0) is 6.92 Å². The van der Waals surface area contributed by atoms with Gasteiger partial charge in [0.05, 0.1) is 6.61 Å². The zero-order valence-electron chi connectivity index (χ0n) is 10.0. The lowest BCUT2D eigenvalue weighted by molar-refractivity contribution is -0.157. The fourth-order valence-electron chi connectivity index (χ4n) is 1.02. The first-order valence-electron chi connectivity index (χ1n) is 5.37. The zero-order chi connectivity index (χ0) is 12.7. The number of ether oxygens (including phenoxy) is 2. The van der Waals surface area contributed by atoms with Crippen LogP contribution in [0.1, 0.15) is 25.6 Å². The van der Waals surface area contributed by atoms with E-state index in [1.54, 1.807) is 13.0 Å². The molecule has 0 saturated heterocycles. The van der Waals surface area contributed by atoms with Crippen molar-refractivity contribution in [1.82, 2.24) is 10.2 Å². The Morgan fingerprint density at radius 1 is 1.53 bits per heavy atom. The van der Waals surface area contributed by atoms with Gasteiger partial charge in [0.15, 0.2) is 12.7 Å². The standard InChI is InChI=1S/C11H16N2O4/c1-4-6-15-8(3)11(14)16-7-10-13-12-9(5-2)17-10/h4,8H,1,5-7H2,2-3H3. The van der Waals surface area contributed by atoms with Crippen molar-refractivity contribution in [3.05, 3.63) is 24.4 Å². The third-order valence-electron chi connectivity index (χ3n) is 1.95. The summed E-state index contributed by atoms with van der Waals surface area (Å²) in [5.41, 5.74) is 0. The van der Waals surface area contributed by atoms with E-state index in [4.69, 9.17) is 13.9 Å². The molecule has 0 radical (unpaired) electrons. The van der Waals surface area contributed by atoms with Crippen LogP contribution in [-0.4, -0.2) is 28.9 Å². The van der Waals surface area contributed by atoms with Crippen LogP contribution in [0.25, 0.3) is 0 Å². The van der Waals surface area contributed by atoms with E-state index in [2.05, 4.69) is 16.8 Å². The van der Waals surface area contributed by atoms with Crippen LogP contribution >= 0.6 is 0 Å². The molecule has 0 spiro atoms. The second-order valence-corrected chi connectivity index (χ2v) is 3.32. The number of nitrogens with zero attached hydrogens (tertiary/aromatic N) is 2. The molecule has 0 aliphatic heterocycles. The predicted molar refractivity (Wildman–Crippen MR) is 59.1 cm³/mol. The van der Waals surface area contributed by atoms with Gasteiger partial charge >= 0.3 is 5.97 Å². The molecule has 0 amide bonds. The van der Waals surface area contributed by atoms with E-state index in [-0.39, 0.29) is 12.5 Å². The fourth-order valence-corrected chi connectivity index (χ4v) is 1.02. The van der Waals surface area contributed by atoms with E-state index in [0.717, 1.165) is 0 Å². The number of aromatic nitrogens is 2. The summed E-state index contributed by atoms with van der Waals surface area (Å²) in [6.07, 6.45) is 1.58. The molecule has 1 rings (SSSR count). The summed E-state index contributed by atoms with van der Waals surface area (Å²) in [6.45, 7) is 7.26. The number of carbonyl (C=O) groups excluding carboxylic acids is 1. The largest absolute Gasteiger partial charge is 0.454 e. The van der Waals surface area contributed by atoms with Crippen molar-refractivity contribution in [2.45, 2.75) is 33.0 Å². The summed E-state index contributed by atoms with van der Waals surface area (Å²) in [4.78, 5) is 11.4. The lowest BCUT2D eigenvalue weighted by Crippen LogP contribution is -2.23. The molecule has 94 valence electrons. The highest BCUT2D eigenvalue weighted by Crippen LogP contribution is 2.03. The van der Waals surface area contributed by atoms with E-state index in [1.807, 2.05) is 6.92 Å². The number of hydrogen-bond acceptors (Lipinski definition) is 6. The topological polar surface area (TPSA) is 74.5 Å². The van der Waals surface area contributed by atoms with Crippen molar-refractivity contribution in [3.8, 4) is 0 Å². The molecule has 17 heavy (non-hydrogen) atoms. The summed E-state index contributed by atoms with van der Waals surface area (Å²) in [7, 11) is 0. The molecule has 0 fully saturated rings. The number of aryl methyl sites for hydroxylation is 1. The van der Waals surface area contributed by atoms with Crippen LogP contribution < -0.4 is 0 Å². The molecule has 1 aromatic heterocycles. The van der Waals surface area contributed by atoms with Gasteiger partial charge in [-0.2, -0.15) is 0 Å². The smallest absolute Gasteiger partial charge is 0.335 e. The van der Waals surface area contributed by atoms with Gasteiger partial charge < -0.3 is 13.9 Å². The molecule has 0 aliphatic carbocycles. The van der Waals surface area contributed by atoms with Crippen LogP contribution in [0.4, 0.5) is 0 Å². The van der Waals surface area contributed by atoms with Crippen LogP contribution in [-0.2, 0) is 27.3 Å². The van der Waals surface area contributed by atoms with Crippen molar-refractivity contribution in [3.63, 3.8) is 0 Å². The average Bonchev–Trinajstić information content (AvgIpc) is 2.80. The molecule has 1 unspecified atom stereocenters. The van der Waals surface area contributed by atoms with E-state index in [1.165, 1.54) is 0 Å². The van der Waals surface area contributed by atoms with Crippen molar-refractivity contribution < 1.29 is 18.7 Å². The zero-order valence-corrected chi connectivity index (χ0v) is 10.0. The molecule has 1 atom stereocenters. The molecule has 1 aromatic rings. The lowest BCUT2D eigenvalue weighted by Gasteiger charge is -2.09. The van der Waals surface area contributed by atoms with Crippen LogP contribution in [0.3, 0.4) is 0 Å². The fraction of sp³-hybridized carbons (Fsp3) is 0.545. The summed E-state index contributed by atoms with van der Waals surface area (Å²) >= 11 is 0. The predicted octanol–water partition coefficient (Wildman–Crippen LogP) is 1.27. The van der Waals surface area contributed by atoms with Crippen molar-refractivity contribution in [1.29, 1.82) is 0 Å². The first-order chi connectivity index (χ1) is 8.17. The summed E-state index contributed by atoms with van der Waals surface area (Å²) in [5.74, 6) is 0.334. The van der Waals surface area contributed by atoms with Gasteiger partial charge in [-0.25, -0.2) is 4.79 Å². The maximum atomic E-state index is 11.4. The number of hydrogen-bond donors (Lipinski definition) is 0. The minimum absolute atomic E-state index is 0.0341. The van der Waals surface area contributed by atoms with Crippen molar-refractivity contribution in [2.24, 2.45) is 0 Å². The number of carbonyl (C=O) groups is 1. The molecule has 6 heteroatoms. The summed E-state index contributed by atoms with van der Waals surface area (Å²) < 4.78 is 15.2. The van der Waals surface area contributed by atoms with Crippen LogP contribution in [0.5, 0.6) is 0 Å². The maximum absolute atomic E-state index is 11.4. The first-order valence-corrected chi connectivity index (χ1v) is 5.37. The molecule has 0 saturated carbocycles. The Morgan fingerprint density at radius 3 is 2.82 bits per heavy atom. The minimum Gasteiger partial charge on any atom is -0.454 e. The molecule has 0 aliphatic rings. The highest BCUT2D eigenvalue weighted by Gasteiger charge is 2.15. The van der Waals surface area contributed by atoms with E-state index in [9.17, 15) is 4.79 Å². The van der Waals surface area contributed by atoms with Gasteiger partial charge in [0.25, 0.3) is 5.89 Å². The SMILES string of the molecule is C=CCOC(C)C(=O)OCc1nnc(CC)o1. The molecule has 6 nitrogen and oxygen atoms in total. The summed E-state index contributed by atoms with van der Waals surface area (Å²) in [5, 5.41) is 7.48. The molecular weight excluding hydrogens is 224 g/mol. The van der Waals surface area contributed by atoms with Gasteiger partial charge in [-0.15, -0.1) is 16.8 Å². The van der Waals surface area contributed by atoms with Crippen molar-refractivity contribution in [2.75, 3.05) is 6.61 Å². The Labute approximate surface area is 99.6 Å². The minimum atomic E-state index is -0.637. The normalized spacial score (nSPS) is 12.1. The van der Waals surface area contributed by atoms with Crippen LogP contribution in [0, 0.1) is 0 Å². The molecule has 0 bridgehead atoms. The second kappa shape index (κ2) is 6.80. The van der Waals surface area contributed by atoms with E-state index in [0.29, 0.717) is 18.9 Å². The van der Waals surface area contributed by atoms with Gasteiger partial charge in [-0.1, -0.05) is 13.0 Å². The Bertz CT molecular complexity index is 375. The Hall–Kier alpha value is -1.69. The molecule has 0 N–H and O–H groups in total. The van der Waals surface area contributed by atoms with Gasteiger partial charge in [0, 0.05) is 6.42 Å². The van der Waals surface area contributed by atoms with Gasteiger partial charge in [0.1, 0.15) is 0 Å². The van der Waals surface area contributed by atoms with Gasteiger partial charge in [-0.3, -0.25) is 0 Å². The Kier molecular flexibility index (Phi) is 5.35. The first kappa shape index (κ1) is 13.4. The lowest BCUT2D eigenvalue weighted by atomic mass is 10.4.